The van der Waals surface area contributed by atoms with Gasteiger partial charge in [-0.25, -0.2) is 0 Å². The van der Waals surface area contributed by atoms with Gasteiger partial charge in [0.15, 0.2) is 17.3 Å². The Morgan fingerprint density at radius 2 is 1.92 bits per heavy atom. The second-order valence-electron chi connectivity index (χ2n) is 5.87. The van der Waals surface area contributed by atoms with E-state index in [1.165, 1.54) is 25.1 Å². The lowest BCUT2D eigenvalue weighted by Crippen LogP contribution is -2.60. The SMILES string of the molecule is CC(=O)/C=C/C=C/c1ccc(O)c(O[C@@H]2O[C@H](CO)[C@@H](O)[C@H](O)[C@H]2O)c1. The third kappa shape index (κ3) is 4.90. The minimum atomic E-state index is -1.58. The summed E-state index contributed by atoms with van der Waals surface area (Å²) in [6, 6.07) is 4.44. The first-order valence-corrected chi connectivity index (χ1v) is 7.99. The Morgan fingerprint density at radius 1 is 1.19 bits per heavy atom. The first-order chi connectivity index (χ1) is 12.3. The van der Waals surface area contributed by atoms with E-state index in [1.807, 2.05) is 0 Å². The van der Waals surface area contributed by atoms with E-state index in [-0.39, 0.29) is 17.3 Å². The quantitative estimate of drug-likeness (QED) is 0.343. The fraction of sp³-hybridized carbons (Fsp3) is 0.389. The van der Waals surface area contributed by atoms with Gasteiger partial charge in [-0.2, -0.15) is 0 Å². The van der Waals surface area contributed by atoms with E-state index < -0.39 is 37.3 Å². The molecule has 142 valence electrons. The van der Waals surface area contributed by atoms with Crippen molar-refractivity contribution >= 4 is 11.9 Å². The molecule has 26 heavy (non-hydrogen) atoms. The summed E-state index contributed by atoms with van der Waals surface area (Å²) in [4.78, 5) is 10.8. The average Bonchev–Trinajstić information content (AvgIpc) is 2.61. The molecule has 0 aromatic heterocycles. The van der Waals surface area contributed by atoms with Gasteiger partial charge in [-0.05, 0) is 30.7 Å². The van der Waals surface area contributed by atoms with Gasteiger partial charge in [0, 0.05) is 0 Å². The van der Waals surface area contributed by atoms with Gasteiger partial charge in [-0.3, -0.25) is 4.79 Å². The number of ether oxygens (including phenoxy) is 2. The highest BCUT2D eigenvalue weighted by Gasteiger charge is 2.44. The maximum Gasteiger partial charge on any atom is 0.229 e. The Morgan fingerprint density at radius 3 is 2.58 bits per heavy atom. The third-order valence-electron chi connectivity index (χ3n) is 3.81. The first-order valence-electron chi connectivity index (χ1n) is 7.99. The molecule has 8 nitrogen and oxygen atoms in total. The van der Waals surface area contributed by atoms with Gasteiger partial charge in [0.2, 0.25) is 6.29 Å². The highest BCUT2D eigenvalue weighted by Crippen LogP contribution is 2.31. The van der Waals surface area contributed by atoms with Gasteiger partial charge >= 0.3 is 0 Å². The smallest absolute Gasteiger partial charge is 0.229 e. The number of ketones is 1. The molecule has 1 aromatic rings. The summed E-state index contributed by atoms with van der Waals surface area (Å²) >= 11 is 0. The Bertz CT molecular complexity index is 682. The van der Waals surface area contributed by atoms with Crippen molar-refractivity contribution in [1.82, 2.24) is 0 Å². The van der Waals surface area contributed by atoms with Crippen molar-refractivity contribution in [3.05, 3.63) is 42.0 Å². The molecule has 1 aromatic carbocycles. The second kappa shape index (κ2) is 8.93. The minimum absolute atomic E-state index is 0.0213. The van der Waals surface area contributed by atoms with Crippen molar-refractivity contribution in [3.8, 4) is 11.5 Å². The first kappa shape index (κ1) is 20.1. The van der Waals surface area contributed by atoms with Crippen LogP contribution < -0.4 is 4.74 Å². The number of carbonyl (C=O) groups excluding carboxylic acids is 1. The lowest BCUT2D eigenvalue weighted by molar-refractivity contribution is -0.277. The molecule has 2 rings (SSSR count). The van der Waals surface area contributed by atoms with Gasteiger partial charge in [0.1, 0.15) is 24.4 Å². The molecule has 1 saturated heterocycles. The fourth-order valence-electron chi connectivity index (χ4n) is 2.38. The van der Waals surface area contributed by atoms with E-state index in [4.69, 9.17) is 9.47 Å². The standard InChI is InChI=1S/C18H22O8/c1-10(20)4-2-3-5-11-6-7-12(21)13(8-11)25-18-17(24)16(23)15(22)14(9-19)26-18/h2-8,14-19,21-24H,9H2,1H3/b4-2+,5-3+/t14-,15-,16+,17-,18-/m1/s1. The van der Waals surface area contributed by atoms with Crippen molar-refractivity contribution < 1.29 is 39.8 Å². The van der Waals surface area contributed by atoms with Gasteiger partial charge in [-0.1, -0.05) is 24.3 Å². The van der Waals surface area contributed by atoms with Crippen molar-refractivity contribution in [2.75, 3.05) is 6.61 Å². The number of benzene rings is 1. The zero-order valence-corrected chi connectivity index (χ0v) is 14.1. The van der Waals surface area contributed by atoms with E-state index in [9.17, 15) is 30.3 Å². The van der Waals surface area contributed by atoms with Gasteiger partial charge in [0.05, 0.1) is 6.61 Å². The monoisotopic (exact) mass is 366 g/mol. The van der Waals surface area contributed by atoms with Gasteiger partial charge < -0.3 is 35.0 Å². The number of hydrogen-bond acceptors (Lipinski definition) is 8. The van der Waals surface area contributed by atoms with Crippen LogP contribution in [0.3, 0.4) is 0 Å². The van der Waals surface area contributed by atoms with Crippen molar-refractivity contribution in [1.29, 1.82) is 0 Å². The number of phenolic OH excluding ortho intramolecular Hbond substituents is 1. The van der Waals surface area contributed by atoms with Crippen LogP contribution in [0.4, 0.5) is 0 Å². The number of aliphatic hydroxyl groups excluding tert-OH is 4. The second-order valence-corrected chi connectivity index (χ2v) is 5.87. The molecule has 1 aliphatic heterocycles. The molecule has 0 radical (unpaired) electrons. The van der Waals surface area contributed by atoms with E-state index in [0.717, 1.165) is 0 Å². The molecule has 0 unspecified atom stereocenters. The van der Waals surface area contributed by atoms with E-state index in [1.54, 1.807) is 24.3 Å². The molecule has 0 spiro atoms. The van der Waals surface area contributed by atoms with Crippen LogP contribution in [0.15, 0.2) is 36.4 Å². The van der Waals surface area contributed by atoms with Crippen LogP contribution in [0.5, 0.6) is 11.5 Å². The molecule has 0 aliphatic carbocycles. The molecular formula is C18H22O8. The minimum Gasteiger partial charge on any atom is -0.504 e. The molecule has 8 heteroatoms. The van der Waals surface area contributed by atoms with Crippen LogP contribution in [0.1, 0.15) is 12.5 Å². The summed E-state index contributed by atoms with van der Waals surface area (Å²) < 4.78 is 10.7. The normalized spacial score (nSPS) is 29.3. The van der Waals surface area contributed by atoms with Crippen LogP contribution in [-0.4, -0.2) is 68.6 Å². The summed E-state index contributed by atoms with van der Waals surface area (Å²) in [5.74, 6) is -0.336. The lowest BCUT2D eigenvalue weighted by Gasteiger charge is -2.39. The highest BCUT2D eigenvalue weighted by atomic mass is 16.7. The zero-order valence-electron chi connectivity index (χ0n) is 14.1. The van der Waals surface area contributed by atoms with Crippen molar-refractivity contribution in [2.45, 2.75) is 37.6 Å². The summed E-state index contributed by atoms with van der Waals surface area (Å²) in [6.45, 7) is 0.847. The fourth-order valence-corrected chi connectivity index (χ4v) is 2.38. The Balaban J connectivity index is 2.15. The third-order valence-corrected chi connectivity index (χ3v) is 3.81. The molecule has 0 bridgehead atoms. The Labute approximate surface area is 150 Å². The number of hydrogen-bond donors (Lipinski definition) is 5. The van der Waals surface area contributed by atoms with E-state index in [2.05, 4.69) is 0 Å². The van der Waals surface area contributed by atoms with Crippen LogP contribution >= 0.6 is 0 Å². The topological polar surface area (TPSA) is 137 Å². The number of rotatable bonds is 6. The Kier molecular flexibility index (Phi) is 6.90. The van der Waals surface area contributed by atoms with Crippen LogP contribution in [0, 0.1) is 0 Å². The molecule has 5 atom stereocenters. The molecule has 0 saturated carbocycles. The maximum absolute atomic E-state index is 10.8. The molecule has 1 aliphatic rings. The average molecular weight is 366 g/mol. The van der Waals surface area contributed by atoms with Crippen molar-refractivity contribution in [3.63, 3.8) is 0 Å². The predicted octanol–water partition coefficient (Wildman–Crippen LogP) is -0.271. The van der Waals surface area contributed by atoms with Crippen LogP contribution in [0.2, 0.25) is 0 Å². The summed E-state index contributed by atoms with van der Waals surface area (Å²) in [5, 5.41) is 48.6. The number of aliphatic hydroxyl groups is 4. The van der Waals surface area contributed by atoms with E-state index >= 15 is 0 Å². The largest absolute Gasteiger partial charge is 0.504 e. The maximum atomic E-state index is 10.8. The van der Waals surface area contributed by atoms with Crippen LogP contribution in [-0.2, 0) is 9.53 Å². The molecule has 1 heterocycles. The Hall–Kier alpha value is -2.23. The number of aromatic hydroxyl groups is 1. The number of allylic oxidation sites excluding steroid dienone is 3. The number of phenols is 1. The van der Waals surface area contributed by atoms with Crippen molar-refractivity contribution in [2.24, 2.45) is 0 Å². The molecule has 0 amide bonds. The van der Waals surface area contributed by atoms with Gasteiger partial charge in [0.25, 0.3) is 0 Å². The molecular weight excluding hydrogens is 344 g/mol. The molecule has 5 N–H and O–H groups in total. The number of carbonyl (C=O) groups is 1. The predicted molar refractivity (Wildman–Crippen MR) is 91.4 cm³/mol. The molecule has 1 fully saturated rings. The summed E-state index contributed by atoms with van der Waals surface area (Å²) in [5.41, 5.74) is 0.635. The van der Waals surface area contributed by atoms with E-state index in [0.29, 0.717) is 5.56 Å². The van der Waals surface area contributed by atoms with Crippen LogP contribution in [0.25, 0.3) is 6.08 Å². The summed E-state index contributed by atoms with van der Waals surface area (Å²) in [7, 11) is 0. The highest BCUT2D eigenvalue weighted by molar-refractivity contribution is 5.87. The zero-order chi connectivity index (χ0) is 19.3. The van der Waals surface area contributed by atoms with Gasteiger partial charge in [-0.15, -0.1) is 0 Å². The lowest BCUT2D eigenvalue weighted by atomic mass is 9.99. The summed E-state index contributed by atoms with van der Waals surface area (Å²) in [6.07, 6.45) is -0.905.